The predicted molar refractivity (Wildman–Crippen MR) is 61.5 cm³/mol. The van der Waals surface area contributed by atoms with Crippen LogP contribution in [0, 0.1) is 13.8 Å². The molecule has 0 amide bonds. The molecule has 2 aromatic heterocycles. The maximum atomic E-state index is 5.94. The highest BCUT2D eigenvalue weighted by atomic mass is 35.5. The van der Waals surface area contributed by atoms with Crippen LogP contribution in [0.2, 0.25) is 5.02 Å². The van der Waals surface area contributed by atoms with Crippen LogP contribution in [-0.4, -0.2) is 19.7 Å². The largest absolute Gasteiger partial charge is 0.326 e. The lowest BCUT2D eigenvalue weighted by molar-refractivity contribution is 0.800. The average molecular weight is 238 g/mol. The van der Waals surface area contributed by atoms with E-state index >= 15 is 0 Å². The minimum Gasteiger partial charge on any atom is -0.326 e. The van der Waals surface area contributed by atoms with Crippen molar-refractivity contribution in [1.29, 1.82) is 0 Å². The highest BCUT2D eigenvalue weighted by Crippen LogP contribution is 2.17. The maximum Gasteiger partial charge on any atom is 0.155 e. The van der Waals surface area contributed by atoms with Crippen LogP contribution in [-0.2, 0) is 6.54 Å². The molecule has 2 rings (SSSR count). The molecule has 16 heavy (non-hydrogen) atoms. The zero-order chi connectivity index (χ0) is 11.7. The number of nitrogens with zero attached hydrogens (tertiary/aromatic N) is 4. The second-order valence-corrected chi connectivity index (χ2v) is 3.86. The normalized spacial score (nSPS) is 10.8. The van der Waals surface area contributed by atoms with Crippen LogP contribution >= 0.6 is 11.6 Å². The topological polar surface area (TPSA) is 69.6 Å². The summed E-state index contributed by atoms with van der Waals surface area (Å²) in [5.74, 6) is 2.18. The third-order valence-corrected chi connectivity index (χ3v) is 2.57. The zero-order valence-electron chi connectivity index (χ0n) is 9.11. The standard InChI is InChI=1S/C10H12ClN5/c1-6-14-7(2)16(15-6)10-3-8(4-12)9(11)5-13-10/h3,5H,4,12H2,1-2H3. The smallest absolute Gasteiger partial charge is 0.155 e. The fourth-order valence-electron chi connectivity index (χ4n) is 1.48. The summed E-state index contributed by atoms with van der Waals surface area (Å²) in [7, 11) is 0. The number of nitrogens with two attached hydrogens (primary N) is 1. The molecule has 0 aliphatic rings. The lowest BCUT2D eigenvalue weighted by Crippen LogP contribution is -2.05. The van der Waals surface area contributed by atoms with Gasteiger partial charge >= 0.3 is 0 Å². The van der Waals surface area contributed by atoms with Gasteiger partial charge in [-0.1, -0.05) is 11.6 Å². The van der Waals surface area contributed by atoms with Crippen LogP contribution in [0.15, 0.2) is 12.3 Å². The molecule has 84 valence electrons. The Morgan fingerprint density at radius 1 is 1.44 bits per heavy atom. The van der Waals surface area contributed by atoms with Gasteiger partial charge in [-0.05, 0) is 25.5 Å². The second-order valence-electron chi connectivity index (χ2n) is 3.46. The average Bonchev–Trinajstić information content (AvgIpc) is 2.59. The maximum absolute atomic E-state index is 5.94. The second kappa shape index (κ2) is 4.19. The molecule has 0 aromatic carbocycles. The van der Waals surface area contributed by atoms with E-state index in [9.17, 15) is 0 Å². The fourth-order valence-corrected chi connectivity index (χ4v) is 1.66. The molecular formula is C10H12ClN5. The van der Waals surface area contributed by atoms with E-state index < -0.39 is 0 Å². The summed E-state index contributed by atoms with van der Waals surface area (Å²) in [6, 6.07) is 1.82. The van der Waals surface area contributed by atoms with E-state index in [2.05, 4.69) is 15.1 Å². The number of pyridine rings is 1. The van der Waals surface area contributed by atoms with E-state index in [0.29, 0.717) is 23.2 Å². The molecule has 0 atom stereocenters. The van der Waals surface area contributed by atoms with Gasteiger partial charge in [0.25, 0.3) is 0 Å². The lowest BCUT2D eigenvalue weighted by atomic mass is 10.2. The van der Waals surface area contributed by atoms with Crippen molar-refractivity contribution in [3.05, 3.63) is 34.5 Å². The first-order valence-electron chi connectivity index (χ1n) is 4.87. The van der Waals surface area contributed by atoms with E-state index in [0.717, 1.165) is 11.4 Å². The van der Waals surface area contributed by atoms with Gasteiger partial charge in [-0.3, -0.25) is 0 Å². The number of hydrogen-bond acceptors (Lipinski definition) is 4. The summed E-state index contributed by atoms with van der Waals surface area (Å²) < 4.78 is 1.67. The molecule has 0 radical (unpaired) electrons. The number of rotatable bonds is 2. The van der Waals surface area contributed by atoms with Crippen molar-refractivity contribution >= 4 is 11.6 Å². The van der Waals surface area contributed by atoms with E-state index in [1.165, 1.54) is 0 Å². The fraction of sp³-hybridized carbons (Fsp3) is 0.300. The van der Waals surface area contributed by atoms with E-state index in [1.807, 2.05) is 19.9 Å². The Balaban J connectivity index is 2.52. The monoisotopic (exact) mass is 237 g/mol. The highest BCUT2D eigenvalue weighted by Gasteiger charge is 2.08. The molecule has 0 saturated carbocycles. The van der Waals surface area contributed by atoms with E-state index in [4.69, 9.17) is 17.3 Å². The summed E-state index contributed by atoms with van der Waals surface area (Å²) in [5, 5.41) is 4.81. The Kier molecular flexibility index (Phi) is 2.89. The number of aryl methyl sites for hydroxylation is 2. The van der Waals surface area contributed by atoms with Gasteiger partial charge < -0.3 is 5.73 Å². The summed E-state index contributed by atoms with van der Waals surface area (Å²) in [6.45, 7) is 4.09. The highest BCUT2D eigenvalue weighted by molar-refractivity contribution is 6.31. The summed E-state index contributed by atoms with van der Waals surface area (Å²) in [4.78, 5) is 8.42. The van der Waals surface area contributed by atoms with Crippen molar-refractivity contribution in [1.82, 2.24) is 19.7 Å². The van der Waals surface area contributed by atoms with Crippen molar-refractivity contribution in [3.8, 4) is 5.82 Å². The van der Waals surface area contributed by atoms with Gasteiger partial charge in [-0.15, -0.1) is 5.10 Å². The Labute approximate surface area is 98.3 Å². The minimum atomic E-state index is 0.376. The van der Waals surface area contributed by atoms with Crippen LogP contribution in [0.3, 0.4) is 0 Å². The zero-order valence-corrected chi connectivity index (χ0v) is 9.86. The minimum absolute atomic E-state index is 0.376. The molecule has 0 unspecified atom stereocenters. The van der Waals surface area contributed by atoms with Gasteiger partial charge in [-0.2, -0.15) is 4.68 Å². The first kappa shape index (κ1) is 11.0. The molecule has 2 heterocycles. The third kappa shape index (κ3) is 1.91. The number of aromatic nitrogens is 4. The van der Waals surface area contributed by atoms with Crippen molar-refractivity contribution in [2.75, 3.05) is 0 Å². The van der Waals surface area contributed by atoms with E-state index in [1.54, 1.807) is 10.9 Å². The Hall–Kier alpha value is -1.46. The first-order valence-corrected chi connectivity index (χ1v) is 5.24. The van der Waals surface area contributed by atoms with Gasteiger partial charge in [0.1, 0.15) is 11.6 Å². The Morgan fingerprint density at radius 3 is 2.75 bits per heavy atom. The third-order valence-electron chi connectivity index (χ3n) is 2.23. The lowest BCUT2D eigenvalue weighted by Gasteiger charge is -2.05. The predicted octanol–water partition coefficient (Wildman–Crippen LogP) is 1.39. The van der Waals surface area contributed by atoms with Gasteiger partial charge in [-0.25, -0.2) is 9.97 Å². The van der Waals surface area contributed by atoms with Crippen molar-refractivity contribution in [3.63, 3.8) is 0 Å². The molecule has 0 spiro atoms. The Bertz CT molecular complexity index is 520. The number of hydrogen-bond donors (Lipinski definition) is 1. The SMILES string of the molecule is Cc1nc(C)n(-c2cc(CN)c(Cl)cn2)n1. The van der Waals surface area contributed by atoms with Crippen molar-refractivity contribution in [2.24, 2.45) is 5.73 Å². The quantitative estimate of drug-likeness (QED) is 0.857. The van der Waals surface area contributed by atoms with Gasteiger partial charge in [0, 0.05) is 12.7 Å². The molecule has 0 aliphatic carbocycles. The molecule has 5 nitrogen and oxygen atoms in total. The molecule has 0 fully saturated rings. The van der Waals surface area contributed by atoms with Gasteiger partial charge in [0.15, 0.2) is 5.82 Å². The summed E-state index contributed by atoms with van der Waals surface area (Å²) in [5.41, 5.74) is 6.43. The molecule has 6 heteroatoms. The number of halogens is 1. The van der Waals surface area contributed by atoms with Crippen LogP contribution in [0.1, 0.15) is 17.2 Å². The molecule has 2 N–H and O–H groups in total. The Morgan fingerprint density at radius 2 is 2.19 bits per heavy atom. The molecule has 2 aromatic rings. The first-order chi connectivity index (χ1) is 7.61. The molecule has 0 bridgehead atoms. The summed E-state index contributed by atoms with van der Waals surface area (Å²) >= 11 is 5.94. The van der Waals surface area contributed by atoms with Crippen LogP contribution < -0.4 is 5.73 Å². The van der Waals surface area contributed by atoms with Crippen LogP contribution in [0.5, 0.6) is 0 Å². The van der Waals surface area contributed by atoms with E-state index in [-0.39, 0.29) is 0 Å². The van der Waals surface area contributed by atoms with Gasteiger partial charge in [0.05, 0.1) is 5.02 Å². The van der Waals surface area contributed by atoms with Crippen LogP contribution in [0.25, 0.3) is 5.82 Å². The van der Waals surface area contributed by atoms with Crippen molar-refractivity contribution < 1.29 is 0 Å². The van der Waals surface area contributed by atoms with Crippen molar-refractivity contribution in [2.45, 2.75) is 20.4 Å². The van der Waals surface area contributed by atoms with Crippen LogP contribution in [0.4, 0.5) is 0 Å². The molecular weight excluding hydrogens is 226 g/mol. The molecule has 0 saturated heterocycles. The molecule has 0 aliphatic heterocycles. The summed E-state index contributed by atoms with van der Waals surface area (Å²) in [6.07, 6.45) is 1.58. The van der Waals surface area contributed by atoms with Gasteiger partial charge in [0.2, 0.25) is 0 Å².